The second-order valence-electron chi connectivity index (χ2n) is 23.4. The Morgan fingerprint density at radius 1 is 0.466 bits per heavy atom. The van der Waals surface area contributed by atoms with Gasteiger partial charge < -0.3 is 14.7 Å². The predicted octanol–water partition coefficient (Wildman–Crippen LogP) is 22.1. The number of aromatic nitrogens is 4. The molecular formula is C82H74N4O2. The molecule has 0 atom stereocenters. The molecule has 6 nitrogen and oxygen atoms in total. The van der Waals surface area contributed by atoms with Crippen molar-refractivity contribution in [3.05, 3.63) is 310 Å². The van der Waals surface area contributed by atoms with Gasteiger partial charge >= 0.3 is 5.97 Å². The number of allylic oxidation sites excluding steroid dienone is 19. The molecule has 0 radical (unpaired) electrons. The molecule has 2 aliphatic heterocycles. The van der Waals surface area contributed by atoms with Gasteiger partial charge in [0.25, 0.3) is 0 Å². The van der Waals surface area contributed by atoms with E-state index in [1.807, 2.05) is 97.1 Å². The third kappa shape index (κ3) is 14.1. The van der Waals surface area contributed by atoms with Crippen molar-refractivity contribution in [3.63, 3.8) is 0 Å². The fourth-order valence-electron chi connectivity index (χ4n) is 11.7. The summed E-state index contributed by atoms with van der Waals surface area (Å²) in [5.41, 5.74) is 23.3. The molecule has 5 aromatic carbocycles. The van der Waals surface area contributed by atoms with E-state index in [0.717, 1.165) is 94.8 Å². The smallest absolute Gasteiger partial charge is 0.344 e. The number of fused-ring (bicyclic) bond motifs is 8. The summed E-state index contributed by atoms with van der Waals surface area (Å²) in [6, 6.07) is 54.7. The molecule has 2 N–H and O–H groups in total. The maximum absolute atomic E-state index is 14.6. The van der Waals surface area contributed by atoms with Crippen LogP contribution in [0.5, 0.6) is 5.75 Å². The summed E-state index contributed by atoms with van der Waals surface area (Å²) in [4.78, 5) is 33.1. The lowest BCUT2D eigenvalue weighted by molar-refractivity contribution is 0.0735. The number of carbonyl (C=O) groups is 1. The lowest BCUT2D eigenvalue weighted by Crippen LogP contribution is -2.19. The third-order valence-corrected chi connectivity index (χ3v) is 16.3. The van der Waals surface area contributed by atoms with E-state index in [1.165, 1.54) is 41.6 Å². The topological polar surface area (TPSA) is 83.7 Å². The molecule has 3 aromatic heterocycles. The van der Waals surface area contributed by atoms with Gasteiger partial charge in [-0.2, -0.15) is 0 Å². The molecule has 1 aliphatic carbocycles. The Balaban J connectivity index is 0.838. The van der Waals surface area contributed by atoms with Crippen molar-refractivity contribution < 1.29 is 9.53 Å². The summed E-state index contributed by atoms with van der Waals surface area (Å²) in [5, 5.41) is 0. The van der Waals surface area contributed by atoms with Crippen molar-refractivity contribution in [1.29, 1.82) is 0 Å². The highest BCUT2D eigenvalue weighted by Crippen LogP contribution is 2.42. The van der Waals surface area contributed by atoms with Gasteiger partial charge in [0, 0.05) is 49.9 Å². The number of aromatic amines is 2. The zero-order valence-corrected chi connectivity index (χ0v) is 51.3. The second kappa shape index (κ2) is 27.3. The standard InChI is InChI=1S/C82H74N4O2/c1-56(24-17-18-25-57(2)27-22-29-59(4)40-46-68-60(5)30-23-55-82(68,6)7)26-21-28-58(3)39-41-61-42-44-65(45-43-61)88-81(87)67-38-20-19-37-66(67)80-75-53-51-73(85-75)78(63-33-13-9-14-34-63)71-49-47-69(83-71)77(62-31-11-8-12-32-62)70-48-50-72(84-70)79(64-35-15-10-16-36-64)74-52-54-76(80)86-74/h8-22,24-29,31-54,83,86H,23,30,55H2,1-7H3/b18-17+,26-21+,27-22+,41-39+,46-40+,56-24+,57-25+,58-28+,59-29+,77-69?,77-70?,78-71?,78-73?,79-72?,79-74?,80-75?,80-76?. The van der Waals surface area contributed by atoms with Gasteiger partial charge in [-0.15, -0.1) is 0 Å². The predicted molar refractivity (Wildman–Crippen MR) is 373 cm³/mol. The largest absolute Gasteiger partial charge is 0.423 e. The Bertz CT molecular complexity index is 4450. The van der Waals surface area contributed by atoms with Gasteiger partial charge in [0.15, 0.2) is 0 Å². The lowest BCUT2D eigenvalue weighted by Gasteiger charge is -2.32. The van der Waals surface area contributed by atoms with Gasteiger partial charge in [-0.25, -0.2) is 14.8 Å². The average molecular weight is 1150 g/mol. The highest BCUT2D eigenvalue weighted by molar-refractivity contribution is 6.05. The minimum absolute atomic E-state index is 0.249. The molecular weight excluding hydrogens is 1070 g/mol. The average Bonchev–Trinajstić information content (AvgIpc) is 4.09. The Hall–Kier alpha value is -10.4. The summed E-state index contributed by atoms with van der Waals surface area (Å²) in [6.07, 6.45) is 41.9. The molecule has 5 heterocycles. The van der Waals surface area contributed by atoms with E-state index >= 15 is 0 Å². The first kappa shape index (κ1) is 59.3. The summed E-state index contributed by atoms with van der Waals surface area (Å²) in [7, 11) is 0. The van der Waals surface area contributed by atoms with Gasteiger partial charge in [-0.05, 0) is 154 Å². The number of rotatable bonds is 16. The molecule has 0 saturated carbocycles. The van der Waals surface area contributed by atoms with Crippen molar-refractivity contribution in [2.24, 2.45) is 5.41 Å². The summed E-state index contributed by atoms with van der Waals surface area (Å²) in [5.74, 6) is -0.0484. The molecule has 11 rings (SSSR count). The maximum atomic E-state index is 14.6. The van der Waals surface area contributed by atoms with Gasteiger partial charge in [-0.1, -0.05) is 248 Å². The Morgan fingerprint density at radius 3 is 1.35 bits per heavy atom. The van der Waals surface area contributed by atoms with E-state index in [2.05, 4.69) is 235 Å². The van der Waals surface area contributed by atoms with Crippen LogP contribution in [0, 0.1) is 5.41 Å². The molecule has 0 saturated heterocycles. The van der Waals surface area contributed by atoms with Crippen LogP contribution in [0.15, 0.2) is 276 Å². The first-order chi connectivity index (χ1) is 42.8. The number of benzene rings is 5. The van der Waals surface area contributed by atoms with E-state index in [1.54, 1.807) is 0 Å². The lowest BCUT2D eigenvalue weighted by atomic mass is 9.72. The van der Waals surface area contributed by atoms with Crippen molar-refractivity contribution in [3.8, 4) is 50.3 Å². The number of carbonyl (C=O) groups excluding carboxylic acids is 1. The molecule has 6 heteroatoms. The fraction of sp³-hybridized carbons (Fsp3) is 0.134. The molecule has 88 heavy (non-hydrogen) atoms. The molecule has 0 spiro atoms. The first-order valence-electron chi connectivity index (χ1n) is 30.4. The molecule has 0 fully saturated rings. The SMILES string of the molecule is CC1=C(/C=C/C(C)=C/C=C/C(C)=C/C=C/C=C(C)/C=C/C=C(C)/C=C/c2ccc(OC(=O)c3ccccc3-c3c4nc(c(-c5ccccc5)c5ccc([nH]5)c(-c5ccccc5)c5nc(c(-c6ccccc6)c6ccc3[nH]6)C=C5)C=C4)cc2)C(C)(C)CCC1. The number of hydrogen-bond acceptors (Lipinski definition) is 4. The molecule has 8 aromatic rings. The van der Waals surface area contributed by atoms with Crippen LogP contribution < -0.4 is 4.74 Å². The highest BCUT2D eigenvalue weighted by atomic mass is 16.5. The summed E-state index contributed by atoms with van der Waals surface area (Å²) < 4.78 is 6.21. The molecule has 0 amide bonds. The minimum atomic E-state index is -0.485. The Labute approximate surface area is 518 Å². The van der Waals surface area contributed by atoms with Gasteiger partial charge in [0.05, 0.1) is 28.3 Å². The van der Waals surface area contributed by atoms with Crippen LogP contribution in [-0.4, -0.2) is 25.9 Å². The zero-order valence-electron chi connectivity index (χ0n) is 51.3. The second-order valence-corrected chi connectivity index (χ2v) is 23.4. The number of nitrogens with one attached hydrogen (secondary N) is 2. The van der Waals surface area contributed by atoms with Crippen molar-refractivity contribution >= 4 is 58.4 Å². The summed E-state index contributed by atoms with van der Waals surface area (Å²) >= 11 is 0. The molecule has 8 bridgehead atoms. The van der Waals surface area contributed by atoms with Crippen LogP contribution in [0.3, 0.4) is 0 Å². The van der Waals surface area contributed by atoms with Crippen LogP contribution in [-0.2, 0) is 0 Å². The fourth-order valence-corrected chi connectivity index (χ4v) is 11.7. The van der Waals surface area contributed by atoms with E-state index < -0.39 is 5.97 Å². The number of ether oxygens (including phenoxy) is 1. The van der Waals surface area contributed by atoms with Crippen molar-refractivity contribution in [2.45, 2.75) is 67.7 Å². The number of hydrogen-bond donors (Lipinski definition) is 2. The quantitative estimate of drug-likeness (QED) is 0.0574. The van der Waals surface area contributed by atoms with Crippen molar-refractivity contribution in [2.75, 3.05) is 0 Å². The third-order valence-electron chi connectivity index (χ3n) is 16.3. The monoisotopic (exact) mass is 1150 g/mol. The number of H-pyrrole nitrogens is 2. The highest BCUT2D eigenvalue weighted by Gasteiger charge is 2.27. The van der Waals surface area contributed by atoms with Crippen LogP contribution in [0.4, 0.5) is 0 Å². The maximum Gasteiger partial charge on any atom is 0.344 e. The van der Waals surface area contributed by atoms with E-state index in [9.17, 15) is 4.79 Å². The van der Waals surface area contributed by atoms with E-state index in [-0.39, 0.29) is 5.41 Å². The van der Waals surface area contributed by atoms with Gasteiger partial charge in [0.2, 0.25) is 0 Å². The van der Waals surface area contributed by atoms with Crippen LogP contribution in [0.25, 0.3) is 97.0 Å². The molecule has 3 aliphatic rings. The summed E-state index contributed by atoms with van der Waals surface area (Å²) in [6.45, 7) is 15.5. The number of nitrogens with zero attached hydrogens (tertiary/aromatic N) is 2. The Kier molecular flexibility index (Phi) is 18.4. The minimum Gasteiger partial charge on any atom is -0.423 e. The van der Waals surface area contributed by atoms with Crippen molar-refractivity contribution in [1.82, 2.24) is 19.9 Å². The number of esters is 1. The van der Waals surface area contributed by atoms with Crippen LogP contribution in [0.2, 0.25) is 0 Å². The van der Waals surface area contributed by atoms with Crippen LogP contribution >= 0.6 is 0 Å². The molecule has 0 unspecified atom stereocenters. The van der Waals surface area contributed by atoms with Gasteiger partial charge in [0.1, 0.15) is 5.75 Å². The van der Waals surface area contributed by atoms with Crippen LogP contribution in [0.1, 0.15) is 106 Å². The van der Waals surface area contributed by atoms with E-state index in [0.29, 0.717) is 22.6 Å². The van der Waals surface area contributed by atoms with Gasteiger partial charge in [-0.3, -0.25) is 0 Å². The normalized spacial score (nSPS) is 14.9. The zero-order chi connectivity index (χ0) is 61.0. The Morgan fingerprint density at radius 2 is 0.875 bits per heavy atom. The van der Waals surface area contributed by atoms with E-state index in [4.69, 9.17) is 14.7 Å². The molecule has 434 valence electrons. The first-order valence-corrected chi connectivity index (χ1v) is 30.4.